The molecule has 6 nitrogen and oxygen atoms in total. The second kappa shape index (κ2) is 7.29. The average Bonchev–Trinajstić information content (AvgIpc) is 3.17. The molecule has 1 amide bonds. The van der Waals surface area contributed by atoms with Crippen molar-refractivity contribution in [3.05, 3.63) is 50.6 Å². The molecule has 0 fully saturated rings. The summed E-state index contributed by atoms with van der Waals surface area (Å²) < 4.78 is 0. The third kappa shape index (κ3) is 3.92. The van der Waals surface area contributed by atoms with E-state index in [1.54, 1.807) is 29.5 Å². The van der Waals surface area contributed by atoms with E-state index in [1.807, 2.05) is 23.8 Å². The molecule has 2 heterocycles. The van der Waals surface area contributed by atoms with E-state index in [4.69, 9.17) is 23.2 Å². The van der Waals surface area contributed by atoms with Gasteiger partial charge in [-0.25, -0.2) is 0 Å². The van der Waals surface area contributed by atoms with Gasteiger partial charge in [-0.1, -0.05) is 29.3 Å². The van der Waals surface area contributed by atoms with Gasteiger partial charge in [-0.2, -0.15) is 16.1 Å². The Balaban J connectivity index is 1.63. The van der Waals surface area contributed by atoms with E-state index in [0.29, 0.717) is 15.9 Å². The Morgan fingerprint density at radius 3 is 2.92 bits per heavy atom. The van der Waals surface area contributed by atoms with E-state index < -0.39 is 0 Å². The van der Waals surface area contributed by atoms with Crippen molar-refractivity contribution in [2.24, 2.45) is 0 Å². The largest absolute Gasteiger partial charge is 0.348 e. The fourth-order valence-corrected chi connectivity index (χ4v) is 3.37. The Bertz CT molecular complexity index is 849. The zero-order chi connectivity index (χ0) is 17.1. The molecule has 3 rings (SSSR count). The summed E-state index contributed by atoms with van der Waals surface area (Å²) in [7, 11) is 0. The number of nitrogens with one attached hydrogen (secondary N) is 1. The molecule has 0 saturated heterocycles. The number of tetrazole rings is 1. The molecule has 1 aromatic carbocycles. The van der Waals surface area contributed by atoms with E-state index in [0.717, 1.165) is 11.1 Å². The van der Waals surface area contributed by atoms with E-state index in [-0.39, 0.29) is 18.5 Å². The van der Waals surface area contributed by atoms with Gasteiger partial charge in [-0.3, -0.25) is 4.79 Å². The summed E-state index contributed by atoms with van der Waals surface area (Å²) in [5.74, 6) is 0.264. The van der Waals surface area contributed by atoms with Crippen LogP contribution < -0.4 is 5.32 Å². The number of thiophene rings is 1. The molecule has 0 radical (unpaired) electrons. The minimum absolute atomic E-state index is 0.0211. The highest BCUT2D eigenvalue weighted by atomic mass is 35.5. The van der Waals surface area contributed by atoms with Gasteiger partial charge in [-0.15, -0.1) is 10.2 Å². The molecule has 0 bridgehead atoms. The van der Waals surface area contributed by atoms with Gasteiger partial charge in [0, 0.05) is 21.0 Å². The van der Waals surface area contributed by atoms with Crippen LogP contribution in [0.1, 0.15) is 18.5 Å². The minimum atomic E-state index is -0.262. The molecule has 3 aromatic rings. The zero-order valence-corrected chi connectivity index (χ0v) is 14.9. The summed E-state index contributed by atoms with van der Waals surface area (Å²) in [6.45, 7) is 1.82. The smallest absolute Gasteiger partial charge is 0.244 e. The minimum Gasteiger partial charge on any atom is -0.348 e. The van der Waals surface area contributed by atoms with Crippen molar-refractivity contribution in [1.82, 2.24) is 25.5 Å². The third-order valence-electron chi connectivity index (χ3n) is 3.32. The highest BCUT2D eigenvalue weighted by molar-refractivity contribution is 7.08. The molecule has 0 saturated carbocycles. The van der Waals surface area contributed by atoms with E-state index in [1.165, 1.54) is 4.80 Å². The number of carbonyl (C=O) groups is 1. The van der Waals surface area contributed by atoms with Crippen molar-refractivity contribution in [3.63, 3.8) is 0 Å². The maximum Gasteiger partial charge on any atom is 0.244 e. The molecule has 0 aliphatic rings. The maximum atomic E-state index is 12.2. The average molecular weight is 382 g/mol. The first-order valence-electron chi connectivity index (χ1n) is 7.07. The van der Waals surface area contributed by atoms with Crippen LogP contribution in [0.2, 0.25) is 10.0 Å². The van der Waals surface area contributed by atoms with Crippen LogP contribution >= 0.6 is 34.5 Å². The Morgan fingerprint density at radius 2 is 2.21 bits per heavy atom. The predicted octanol–water partition coefficient (Wildman–Crippen LogP) is 3.59. The lowest BCUT2D eigenvalue weighted by molar-refractivity contribution is -0.122. The van der Waals surface area contributed by atoms with Crippen molar-refractivity contribution in [1.29, 1.82) is 0 Å². The Labute approximate surface area is 152 Å². The van der Waals surface area contributed by atoms with Gasteiger partial charge in [0.25, 0.3) is 0 Å². The number of benzene rings is 1. The number of aromatic nitrogens is 4. The number of amides is 1. The van der Waals surface area contributed by atoms with Crippen LogP contribution in [-0.2, 0) is 11.3 Å². The normalized spacial score (nSPS) is 12.1. The summed E-state index contributed by atoms with van der Waals surface area (Å²) in [6, 6.07) is 6.81. The number of hydrogen-bond donors (Lipinski definition) is 1. The van der Waals surface area contributed by atoms with Crippen molar-refractivity contribution < 1.29 is 4.79 Å². The molecule has 1 atom stereocenters. The molecule has 0 aliphatic carbocycles. The first-order valence-corrected chi connectivity index (χ1v) is 8.77. The Kier molecular flexibility index (Phi) is 5.13. The van der Waals surface area contributed by atoms with Gasteiger partial charge in [0.05, 0.1) is 6.04 Å². The zero-order valence-electron chi connectivity index (χ0n) is 12.6. The standard InChI is InChI=1S/C15H13Cl2N5OS/c1-9(12-3-2-11(16)6-13(12)17)18-14(23)7-22-20-15(19-21-22)10-4-5-24-8-10/h2-6,8-9H,7H2,1H3,(H,18,23)/t9-/m1/s1. The summed E-state index contributed by atoms with van der Waals surface area (Å²) in [5, 5.41) is 19.8. The topological polar surface area (TPSA) is 72.7 Å². The summed E-state index contributed by atoms with van der Waals surface area (Å²) >= 11 is 13.6. The lowest BCUT2D eigenvalue weighted by atomic mass is 10.1. The Hall–Kier alpha value is -1.96. The second-order valence-corrected chi connectivity index (χ2v) is 6.73. The van der Waals surface area contributed by atoms with Crippen LogP contribution in [0, 0.1) is 0 Å². The van der Waals surface area contributed by atoms with Crippen molar-refractivity contribution >= 4 is 40.4 Å². The predicted molar refractivity (Wildman–Crippen MR) is 94.1 cm³/mol. The molecular formula is C15H13Cl2N5OS. The van der Waals surface area contributed by atoms with Crippen LogP contribution in [0.4, 0.5) is 0 Å². The van der Waals surface area contributed by atoms with Crippen LogP contribution in [0.5, 0.6) is 0 Å². The van der Waals surface area contributed by atoms with Crippen LogP contribution in [0.25, 0.3) is 11.4 Å². The van der Waals surface area contributed by atoms with Crippen LogP contribution in [0.15, 0.2) is 35.0 Å². The number of nitrogens with zero attached hydrogens (tertiary/aromatic N) is 4. The fraction of sp³-hybridized carbons (Fsp3) is 0.200. The fourth-order valence-electron chi connectivity index (χ4n) is 2.16. The number of halogens is 2. The number of hydrogen-bond acceptors (Lipinski definition) is 5. The molecular weight excluding hydrogens is 369 g/mol. The Morgan fingerprint density at radius 1 is 1.38 bits per heavy atom. The van der Waals surface area contributed by atoms with Crippen LogP contribution in [-0.4, -0.2) is 26.1 Å². The third-order valence-corrected chi connectivity index (χ3v) is 4.57. The van der Waals surface area contributed by atoms with Gasteiger partial charge in [0.15, 0.2) is 0 Å². The molecule has 2 aromatic heterocycles. The van der Waals surface area contributed by atoms with Crippen molar-refractivity contribution in [2.75, 3.05) is 0 Å². The highest BCUT2D eigenvalue weighted by Crippen LogP contribution is 2.26. The first-order chi connectivity index (χ1) is 11.5. The first kappa shape index (κ1) is 16.9. The van der Waals surface area contributed by atoms with Gasteiger partial charge in [0.1, 0.15) is 6.54 Å². The van der Waals surface area contributed by atoms with Crippen LogP contribution in [0.3, 0.4) is 0 Å². The van der Waals surface area contributed by atoms with Crippen molar-refractivity contribution in [2.45, 2.75) is 19.5 Å². The summed E-state index contributed by atoms with van der Waals surface area (Å²) in [5.41, 5.74) is 1.67. The number of carbonyl (C=O) groups excluding carboxylic acids is 1. The summed E-state index contributed by atoms with van der Waals surface area (Å²) in [4.78, 5) is 13.4. The molecule has 0 aliphatic heterocycles. The van der Waals surface area contributed by atoms with Gasteiger partial charge >= 0.3 is 0 Å². The quantitative estimate of drug-likeness (QED) is 0.732. The SMILES string of the molecule is C[C@@H](NC(=O)Cn1nnc(-c2ccsc2)n1)c1ccc(Cl)cc1Cl. The van der Waals surface area contributed by atoms with E-state index >= 15 is 0 Å². The lowest BCUT2D eigenvalue weighted by Crippen LogP contribution is -2.31. The van der Waals surface area contributed by atoms with E-state index in [2.05, 4.69) is 20.7 Å². The molecule has 0 spiro atoms. The number of rotatable bonds is 5. The molecule has 1 N–H and O–H groups in total. The van der Waals surface area contributed by atoms with Gasteiger partial charge in [-0.05, 0) is 41.3 Å². The molecule has 9 heteroatoms. The van der Waals surface area contributed by atoms with Gasteiger partial charge in [0.2, 0.25) is 11.7 Å². The molecule has 0 unspecified atom stereocenters. The lowest BCUT2D eigenvalue weighted by Gasteiger charge is -2.15. The summed E-state index contributed by atoms with van der Waals surface area (Å²) in [6.07, 6.45) is 0. The van der Waals surface area contributed by atoms with Gasteiger partial charge < -0.3 is 5.32 Å². The molecule has 124 valence electrons. The maximum absolute atomic E-state index is 12.2. The molecule has 24 heavy (non-hydrogen) atoms. The monoisotopic (exact) mass is 381 g/mol. The highest BCUT2D eigenvalue weighted by Gasteiger charge is 2.15. The van der Waals surface area contributed by atoms with Crippen molar-refractivity contribution in [3.8, 4) is 11.4 Å². The second-order valence-electron chi connectivity index (χ2n) is 5.11. The van der Waals surface area contributed by atoms with E-state index in [9.17, 15) is 4.79 Å².